The smallest absolute Gasteiger partial charge is 0.124 e. The summed E-state index contributed by atoms with van der Waals surface area (Å²) in [6.07, 6.45) is 1.71. The molecule has 0 amide bonds. The second-order valence-electron chi connectivity index (χ2n) is 4.53. The number of hydrogen-bond acceptors (Lipinski definition) is 4. The fourth-order valence-corrected chi connectivity index (χ4v) is 2.26. The third kappa shape index (κ3) is 3.21. The van der Waals surface area contributed by atoms with Crippen LogP contribution in [0, 0.1) is 6.92 Å². The van der Waals surface area contributed by atoms with Gasteiger partial charge in [0.1, 0.15) is 18.1 Å². The first-order valence-electron chi connectivity index (χ1n) is 6.69. The summed E-state index contributed by atoms with van der Waals surface area (Å²) in [5.41, 5.74) is 2.21. The van der Waals surface area contributed by atoms with Gasteiger partial charge in [0.05, 0.1) is 18.9 Å². The molecule has 0 bridgehead atoms. The van der Waals surface area contributed by atoms with Crippen LogP contribution >= 0.6 is 0 Å². The number of rotatable bonds is 7. The molecule has 0 saturated heterocycles. The lowest BCUT2D eigenvalue weighted by molar-refractivity contribution is 0.145. The summed E-state index contributed by atoms with van der Waals surface area (Å²) >= 11 is 0. The molecule has 0 aliphatic rings. The van der Waals surface area contributed by atoms with Crippen molar-refractivity contribution in [3.63, 3.8) is 0 Å². The van der Waals surface area contributed by atoms with Crippen molar-refractivity contribution in [3.8, 4) is 5.75 Å². The third-order valence-electron chi connectivity index (χ3n) is 3.27. The molecule has 2 rings (SSSR count). The Bertz CT molecular complexity index is 536. The topological polar surface area (TPSA) is 43.6 Å². The van der Waals surface area contributed by atoms with Crippen LogP contribution < -0.4 is 10.1 Å². The Morgan fingerprint density at radius 2 is 1.95 bits per heavy atom. The summed E-state index contributed by atoms with van der Waals surface area (Å²) < 4.78 is 16.2. The van der Waals surface area contributed by atoms with Crippen LogP contribution in [0.1, 0.15) is 22.9 Å². The molecule has 1 unspecified atom stereocenters. The highest BCUT2D eigenvalue weighted by Gasteiger charge is 2.19. The van der Waals surface area contributed by atoms with E-state index in [9.17, 15) is 0 Å². The summed E-state index contributed by atoms with van der Waals surface area (Å²) in [5.74, 6) is 1.78. The molecule has 4 heteroatoms. The minimum atomic E-state index is 0.0486. The number of furan rings is 1. The highest BCUT2D eigenvalue weighted by molar-refractivity contribution is 5.42. The first-order valence-corrected chi connectivity index (χ1v) is 6.69. The van der Waals surface area contributed by atoms with Gasteiger partial charge in [0, 0.05) is 18.2 Å². The van der Waals surface area contributed by atoms with Gasteiger partial charge in [-0.15, -0.1) is 0 Å². The lowest BCUT2D eigenvalue weighted by atomic mass is 9.98. The molecule has 0 radical (unpaired) electrons. The van der Waals surface area contributed by atoms with E-state index in [-0.39, 0.29) is 6.04 Å². The van der Waals surface area contributed by atoms with E-state index in [4.69, 9.17) is 13.9 Å². The van der Waals surface area contributed by atoms with Crippen molar-refractivity contribution in [2.75, 3.05) is 27.4 Å². The first-order chi connectivity index (χ1) is 9.77. The van der Waals surface area contributed by atoms with Gasteiger partial charge in [-0.25, -0.2) is 0 Å². The molecule has 4 nitrogen and oxygen atoms in total. The standard InChI is InChI=1S/C16H21NO3/c1-12-13(8-9-19-12)16(17-2)14-6-4-5-7-15(14)20-11-10-18-3/h4-9,16-17H,10-11H2,1-3H3. The monoisotopic (exact) mass is 275 g/mol. The van der Waals surface area contributed by atoms with Gasteiger partial charge in [-0.05, 0) is 26.1 Å². The number of nitrogens with one attached hydrogen (secondary N) is 1. The Kier molecular flexibility index (Phi) is 5.21. The van der Waals surface area contributed by atoms with E-state index < -0.39 is 0 Å². The Morgan fingerprint density at radius 3 is 2.60 bits per heavy atom. The molecule has 1 aromatic heterocycles. The van der Waals surface area contributed by atoms with Gasteiger partial charge in [0.25, 0.3) is 0 Å². The van der Waals surface area contributed by atoms with E-state index in [0.29, 0.717) is 13.2 Å². The van der Waals surface area contributed by atoms with E-state index >= 15 is 0 Å². The third-order valence-corrected chi connectivity index (χ3v) is 3.27. The Morgan fingerprint density at radius 1 is 1.15 bits per heavy atom. The first kappa shape index (κ1) is 14.6. The molecule has 0 saturated carbocycles. The molecule has 1 N–H and O–H groups in total. The van der Waals surface area contributed by atoms with E-state index in [1.54, 1.807) is 13.4 Å². The van der Waals surface area contributed by atoms with Gasteiger partial charge < -0.3 is 19.2 Å². The fourth-order valence-electron chi connectivity index (χ4n) is 2.26. The van der Waals surface area contributed by atoms with Crippen LogP contribution in [0.25, 0.3) is 0 Å². The Hall–Kier alpha value is -1.78. The normalized spacial score (nSPS) is 12.3. The molecule has 1 atom stereocenters. The highest BCUT2D eigenvalue weighted by atomic mass is 16.5. The molecule has 2 aromatic rings. The predicted molar refractivity (Wildman–Crippen MR) is 78.2 cm³/mol. The van der Waals surface area contributed by atoms with Crippen molar-refractivity contribution in [3.05, 3.63) is 53.5 Å². The largest absolute Gasteiger partial charge is 0.491 e. The minimum Gasteiger partial charge on any atom is -0.491 e. The fraction of sp³-hybridized carbons (Fsp3) is 0.375. The second-order valence-corrected chi connectivity index (χ2v) is 4.53. The molecule has 0 spiro atoms. The van der Waals surface area contributed by atoms with Crippen LogP contribution in [-0.2, 0) is 4.74 Å². The molecule has 0 fully saturated rings. The van der Waals surface area contributed by atoms with E-state index in [2.05, 4.69) is 11.4 Å². The van der Waals surface area contributed by atoms with E-state index in [0.717, 1.165) is 22.6 Å². The van der Waals surface area contributed by atoms with Crippen molar-refractivity contribution < 1.29 is 13.9 Å². The van der Waals surface area contributed by atoms with Crippen molar-refractivity contribution in [1.82, 2.24) is 5.32 Å². The Balaban J connectivity index is 2.28. The molecule has 20 heavy (non-hydrogen) atoms. The van der Waals surface area contributed by atoms with Gasteiger partial charge >= 0.3 is 0 Å². The van der Waals surface area contributed by atoms with Crippen LogP contribution in [0.4, 0.5) is 0 Å². The molecule has 1 heterocycles. The lowest BCUT2D eigenvalue weighted by Crippen LogP contribution is -2.19. The molecular weight excluding hydrogens is 254 g/mol. The van der Waals surface area contributed by atoms with Crippen molar-refractivity contribution in [2.45, 2.75) is 13.0 Å². The summed E-state index contributed by atoms with van der Waals surface area (Å²) in [6, 6.07) is 10.1. The number of methoxy groups -OCH3 is 1. The number of benzene rings is 1. The van der Waals surface area contributed by atoms with Gasteiger partial charge in [0.15, 0.2) is 0 Å². The maximum Gasteiger partial charge on any atom is 0.124 e. The zero-order valence-electron chi connectivity index (χ0n) is 12.2. The molecule has 0 aliphatic heterocycles. The SMILES string of the molecule is CNC(c1ccccc1OCCOC)c1ccoc1C. The number of para-hydroxylation sites is 1. The molecule has 1 aromatic carbocycles. The van der Waals surface area contributed by atoms with Crippen LogP contribution in [0.2, 0.25) is 0 Å². The summed E-state index contributed by atoms with van der Waals surface area (Å²) in [4.78, 5) is 0. The van der Waals surface area contributed by atoms with Gasteiger partial charge in [-0.3, -0.25) is 0 Å². The second kappa shape index (κ2) is 7.12. The number of hydrogen-bond donors (Lipinski definition) is 1. The molecule has 0 aliphatic carbocycles. The zero-order valence-corrected chi connectivity index (χ0v) is 12.2. The van der Waals surface area contributed by atoms with Crippen LogP contribution in [0.3, 0.4) is 0 Å². The zero-order chi connectivity index (χ0) is 14.4. The van der Waals surface area contributed by atoms with Crippen LogP contribution in [-0.4, -0.2) is 27.4 Å². The summed E-state index contributed by atoms with van der Waals surface area (Å²) in [7, 11) is 3.60. The van der Waals surface area contributed by atoms with Crippen molar-refractivity contribution in [2.24, 2.45) is 0 Å². The molecular formula is C16H21NO3. The average molecular weight is 275 g/mol. The van der Waals surface area contributed by atoms with Gasteiger partial charge in [-0.1, -0.05) is 18.2 Å². The lowest BCUT2D eigenvalue weighted by Gasteiger charge is -2.20. The molecule has 108 valence electrons. The van der Waals surface area contributed by atoms with Crippen LogP contribution in [0.5, 0.6) is 5.75 Å². The number of ether oxygens (including phenoxy) is 2. The van der Waals surface area contributed by atoms with Crippen molar-refractivity contribution >= 4 is 0 Å². The van der Waals surface area contributed by atoms with E-state index in [1.807, 2.05) is 38.2 Å². The highest BCUT2D eigenvalue weighted by Crippen LogP contribution is 2.31. The van der Waals surface area contributed by atoms with Gasteiger partial charge in [-0.2, -0.15) is 0 Å². The predicted octanol–water partition coefficient (Wildman–Crippen LogP) is 2.92. The quantitative estimate of drug-likeness (QED) is 0.789. The Labute approximate surface area is 119 Å². The minimum absolute atomic E-state index is 0.0486. The van der Waals surface area contributed by atoms with Gasteiger partial charge in [0.2, 0.25) is 0 Å². The average Bonchev–Trinajstić information content (AvgIpc) is 2.88. The summed E-state index contributed by atoms with van der Waals surface area (Å²) in [6.45, 7) is 3.08. The number of aryl methyl sites for hydroxylation is 1. The maximum absolute atomic E-state index is 5.80. The summed E-state index contributed by atoms with van der Waals surface area (Å²) in [5, 5.41) is 3.32. The maximum atomic E-state index is 5.80. The van der Waals surface area contributed by atoms with Crippen LogP contribution in [0.15, 0.2) is 41.0 Å². The van der Waals surface area contributed by atoms with Crippen molar-refractivity contribution in [1.29, 1.82) is 0 Å². The van der Waals surface area contributed by atoms with E-state index in [1.165, 1.54) is 0 Å².